The summed E-state index contributed by atoms with van der Waals surface area (Å²) in [5.41, 5.74) is 1.68. The Hall–Kier alpha value is -2.94. The van der Waals surface area contributed by atoms with Crippen molar-refractivity contribution in [1.29, 1.82) is 0 Å². The maximum absolute atomic E-state index is 13.1. The molecular formula is C22H27N3O5S. The monoisotopic (exact) mass is 445 g/mol. The van der Waals surface area contributed by atoms with Crippen molar-refractivity contribution >= 4 is 23.5 Å². The minimum absolute atomic E-state index is 0.306. The summed E-state index contributed by atoms with van der Waals surface area (Å²) in [4.78, 5) is 33.6. The van der Waals surface area contributed by atoms with Crippen LogP contribution >= 0.6 is 11.8 Å². The van der Waals surface area contributed by atoms with E-state index in [0.717, 1.165) is 5.75 Å². The van der Waals surface area contributed by atoms with Crippen molar-refractivity contribution in [2.24, 2.45) is 0 Å². The van der Waals surface area contributed by atoms with Gasteiger partial charge in [0.15, 0.2) is 16.7 Å². The van der Waals surface area contributed by atoms with Gasteiger partial charge in [-0.1, -0.05) is 24.8 Å². The predicted octanol–water partition coefficient (Wildman–Crippen LogP) is 3.68. The Labute approximate surface area is 185 Å². The first-order valence-electron chi connectivity index (χ1n) is 9.98. The smallest absolute Gasteiger partial charge is 0.337 e. The molecule has 166 valence electrons. The van der Waals surface area contributed by atoms with Gasteiger partial charge >= 0.3 is 5.97 Å². The summed E-state index contributed by atoms with van der Waals surface area (Å²) in [6.07, 6.45) is -0.306. The summed E-state index contributed by atoms with van der Waals surface area (Å²) in [6, 6.07) is 5.33. The van der Waals surface area contributed by atoms with Gasteiger partial charge in [-0.2, -0.15) is 0 Å². The molecule has 0 spiro atoms. The molecule has 1 atom stereocenters. The lowest BCUT2D eigenvalue weighted by atomic mass is 9.82. The molecule has 3 rings (SSSR count). The quantitative estimate of drug-likeness (QED) is 0.378. The number of esters is 1. The summed E-state index contributed by atoms with van der Waals surface area (Å²) >= 11 is 1.44. The van der Waals surface area contributed by atoms with Gasteiger partial charge in [-0.25, -0.2) is 9.78 Å². The van der Waals surface area contributed by atoms with Gasteiger partial charge in [0.05, 0.1) is 37.4 Å². The van der Waals surface area contributed by atoms with Crippen molar-refractivity contribution in [3.05, 3.63) is 50.9 Å². The lowest BCUT2D eigenvalue weighted by Crippen LogP contribution is -2.31. The summed E-state index contributed by atoms with van der Waals surface area (Å²) < 4.78 is 16.3. The molecule has 1 unspecified atom stereocenters. The number of allylic oxidation sites excluding steroid dienone is 1. The van der Waals surface area contributed by atoms with Gasteiger partial charge < -0.3 is 24.5 Å². The van der Waals surface area contributed by atoms with E-state index in [1.54, 1.807) is 40.0 Å². The molecule has 1 aliphatic rings. The van der Waals surface area contributed by atoms with Crippen LogP contribution in [-0.2, 0) is 9.53 Å². The van der Waals surface area contributed by atoms with Crippen LogP contribution in [0.3, 0.4) is 0 Å². The van der Waals surface area contributed by atoms with E-state index in [1.165, 1.54) is 18.9 Å². The number of H-pyrrole nitrogens is 1. The molecule has 1 aliphatic heterocycles. The van der Waals surface area contributed by atoms with Crippen molar-refractivity contribution in [1.82, 2.24) is 9.97 Å². The van der Waals surface area contributed by atoms with E-state index < -0.39 is 11.9 Å². The lowest BCUT2D eigenvalue weighted by Gasteiger charge is -2.29. The minimum atomic E-state index is -0.681. The van der Waals surface area contributed by atoms with Crippen LogP contribution in [0, 0.1) is 0 Å². The van der Waals surface area contributed by atoms with Crippen LogP contribution in [0.5, 0.6) is 11.5 Å². The Balaban J connectivity index is 2.25. The number of nitrogens with zero attached hydrogens (tertiary/aromatic N) is 1. The lowest BCUT2D eigenvalue weighted by molar-refractivity contribution is -0.143. The maximum atomic E-state index is 13.1. The average Bonchev–Trinajstić information content (AvgIpc) is 2.71. The fourth-order valence-corrected chi connectivity index (χ4v) is 4.14. The molecule has 0 amide bonds. The zero-order valence-electron chi connectivity index (χ0n) is 18.5. The number of carbonyl (C=O) groups excluding carboxylic acids is 1. The first kappa shape index (κ1) is 22.7. The van der Waals surface area contributed by atoms with Crippen LogP contribution in [0.4, 0.5) is 5.82 Å². The van der Waals surface area contributed by atoms with Gasteiger partial charge in [0.25, 0.3) is 5.56 Å². The number of fused-ring (bicyclic) bond motifs is 1. The minimum Gasteiger partial charge on any atom is -0.493 e. The number of methoxy groups -OCH3 is 2. The Bertz CT molecular complexity index is 1080. The molecule has 0 aliphatic carbocycles. The number of ether oxygens (including phenoxy) is 3. The van der Waals surface area contributed by atoms with Crippen molar-refractivity contribution in [3.63, 3.8) is 0 Å². The standard InChI is InChI=1S/C22H27N3O5S/c1-7-31-22-24-19-18(20(26)25-22)17(13-8-9-14(28-5)15(10-13)29-6)16(12(4)23-19)21(27)30-11(2)3/h8-11,17H,7H2,1-6H3,(H2,23,24,25,26). The van der Waals surface area contributed by atoms with Gasteiger partial charge in [-0.15, -0.1) is 0 Å². The first-order chi connectivity index (χ1) is 14.8. The van der Waals surface area contributed by atoms with Crippen molar-refractivity contribution in [2.75, 3.05) is 25.3 Å². The van der Waals surface area contributed by atoms with Crippen LogP contribution < -0.4 is 20.3 Å². The number of anilines is 1. The molecule has 0 radical (unpaired) electrons. The highest BCUT2D eigenvalue weighted by atomic mass is 32.2. The Morgan fingerprint density at radius 3 is 2.55 bits per heavy atom. The van der Waals surface area contributed by atoms with Gasteiger partial charge in [0.2, 0.25) is 0 Å². The number of rotatable bonds is 7. The second-order valence-electron chi connectivity index (χ2n) is 7.23. The third-order valence-corrected chi connectivity index (χ3v) is 5.56. The van der Waals surface area contributed by atoms with Crippen LogP contribution in [0.1, 0.15) is 44.7 Å². The van der Waals surface area contributed by atoms with E-state index in [0.29, 0.717) is 44.9 Å². The molecule has 1 aromatic heterocycles. The highest BCUT2D eigenvalue weighted by molar-refractivity contribution is 7.99. The second kappa shape index (κ2) is 9.47. The molecule has 0 bridgehead atoms. The maximum Gasteiger partial charge on any atom is 0.337 e. The highest BCUT2D eigenvalue weighted by Crippen LogP contribution is 2.42. The molecule has 8 nitrogen and oxygen atoms in total. The summed E-state index contributed by atoms with van der Waals surface area (Å²) in [6.45, 7) is 7.33. The topological polar surface area (TPSA) is 103 Å². The third-order valence-electron chi connectivity index (χ3n) is 4.81. The number of thioether (sulfide) groups is 1. The van der Waals surface area contributed by atoms with Crippen LogP contribution in [0.15, 0.2) is 39.4 Å². The fourth-order valence-electron chi connectivity index (χ4n) is 3.55. The zero-order chi connectivity index (χ0) is 22.7. The van der Waals surface area contributed by atoms with E-state index in [1.807, 2.05) is 13.0 Å². The summed E-state index contributed by atoms with van der Waals surface area (Å²) in [7, 11) is 3.09. The largest absolute Gasteiger partial charge is 0.493 e. The molecule has 31 heavy (non-hydrogen) atoms. The average molecular weight is 446 g/mol. The zero-order valence-corrected chi connectivity index (χ0v) is 19.3. The second-order valence-corrected chi connectivity index (χ2v) is 8.48. The van der Waals surface area contributed by atoms with Crippen molar-refractivity contribution in [3.8, 4) is 11.5 Å². The SMILES string of the molecule is CCSc1nc2c(c(=O)[nH]1)C(c1ccc(OC)c(OC)c1)C(C(=O)OC(C)C)=C(C)N2. The fraction of sp³-hybridized carbons (Fsp3) is 0.409. The van der Waals surface area contributed by atoms with Gasteiger partial charge in [-0.05, 0) is 44.2 Å². The summed E-state index contributed by atoms with van der Waals surface area (Å²) in [5, 5.41) is 3.65. The molecule has 0 fully saturated rings. The molecule has 0 saturated heterocycles. The molecular weight excluding hydrogens is 418 g/mol. The Morgan fingerprint density at radius 1 is 1.23 bits per heavy atom. The van der Waals surface area contributed by atoms with E-state index in [-0.39, 0.29) is 11.7 Å². The summed E-state index contributed by atoms with van der Waals surface area (Å²) in [5.74, 6) is 1.07. The van der Waals surface area contributed by atoms with Crippen LogP contribution in [0.25, 0.3) is 0 Å². The number of aromatic amines is 1. The van der Waals surface area contributed by atoms with Crippen LogP contribution in [0.2, 0.25) is 0 Å². The van der Waals surface area contributed by atoms with E-state index >= 15 is 0 Å². The third kappa shape index (κ3) is 4.56. The number of nitrogens with one attached hydrogen (secondary N) is 2. The number of benzene rings is 1. The Kier molecular flexibility index (Phi) is 6.94. The van der Waals surface area contributed by atoms with Gasteiger partial charge in [0.1, 0.15) is 5.82 Å². The van der Waals surface area contributed by atoms with Gasteiger partial charge in [0, 0.05) is 5.70 Å². The molecule has 9 heteroatoms. The van der Waals surface area contributed by atoms with E-state index in [2.05, 4.69) is 15.3 Å². The normalized spacial score (nSPS) is 15.4. The highest BCUT2D eigenvalue weighted by Gasteiger charge is 2.37. The van der Waals surface area contributed by atoms with Crippen molar-refractivity contribution in [2.45, 2.75) is 44.9 Å². The number of aromatic nitrogens is 2. The molecule has 2 N–H and O–H groups in total. The first-order valence-corrected chi connectivity index (χ1v) is 11.0. The number of hydrogen-bond donors (Lipinski definition) is 2. The molecule has 2 heterocycles. The molecule has 1 aromatic carbocycles. The van der Waals surface area contributed by atoms with Gasteiger partial charge in [-0.3, -0.25) is 4.79 Å². The number of hydrogen-bond acceptors (Lipinski definition) is 8. The molecule has 0 saturated carbocycles. The number of carbonyl (C=O) groups is 1. The van der Waals surface area contributed by atoms with E-state index in [9.17, 15) is 9.59 Å². The Morgan fingerprint density at radius 2 is 1.94 bits per heavy atom. The van der Waals surface area contributed by atoms with Crippen LogP contribution in [-0.4, -0.2) is 42.0 Å². The van der Waals surface area contributed by atoms with E-state index in [4.69, 9.17) is 14.2 Å². The van der Waals surface area contributed by atoms with Crippen molar-refractivity contribution < 1.29 is 19.0 Å². The predicted molar refractivity (Wildman–Crippen MR) is 120 cm³/mol. The molecule has 2 aromatic rings.